The number of nitro groups is 1. The number of carbonyl (C=O) groups excluding carboxylic acids is 1. The Hall–Kier alpha value is -2.95. The van der Waals surface area contributed by atoms with E-state index in [0.29, 0.717) is 12.4 Å². The highest BCUT2D eigenvalue weighted by atomic mass is 16.6. The number of ether oxygens (including phenoxy) is 1. The smallest absolute Gasteiger partial charge is 0.280 e. The van der Waals surface area contributed by atoms with Gasteiger partial charge in [0.05, 0.1) is 4.92 Å². The third-order valence-corrected chi connectivity index (χ3v) is 3.00. The highest BCUT2D eigenvalue weighted by Crippen LogP contribution is 2.25. The number of hydrogen-bond donors (Lipinski definition) is 0. The lowest BCUT2D eigenvalue weighted by Gasteiger charge is -2.07. The second kappa shape index (κ2) is 7.17. The average Bonchev–Trinajstić information content (AvgIpc) is 2.53. The number of ketones is 1. The normalized spacial score (nSPS) is 10.6. The number of carbonyl (C=O) groups is 1. The van der Waals surface area contributed by atoms with Crippen LogP contribution in [0.15, 0.2) is 60.7 Å². The molecule has 0 heterocycles. The van der Waals surface area contributed by atoms with Crippen molar-refractivity contribution in [1.29, 1.82) is 0 Å². The molecule has 0 aliphatic carbocycles. The molecule has 0 saturated heterocycles. The topological polar surface area (TPSA) is 69.4 Å². The summed E-state index contributed by atoms with van der Waals surface area (Å²) in [5.41, 5.74) is 0.769. The first-order valence-corrected chi connectivity index (χ1v) is 6.74. The second-order valence-electron chi connectivity index (χ2n) is 4.57. The van der Waals surface area contributed by atoms with E-state index in [-0.39, 0.29) is 11.3 Å². The summed E-state index contributed by atoms with van der Waals surface area (Å²) in [6.07, 6.45) is 2.84. The molecule has 0 fully saturated rings. The number of allylic oxidation sites excluding steroid dienone is 2. The molecular formula is C17H15NO4. The Labute approximate surface area is 128 Å². The van der Waals surface area contributed by atoms with Gasteiger partial charge in [-0.1, -0.05) is 36.4 Å². The summed E-state index contributed by atoms with van der Waals surface area (Å²) in [6.45, 7) is 2.01. The van der Waals surface area contributed by atoms with Gasteiger partial charge in [0.25, 0.3) is 5.69 Å². The molecule has 0 unspecified atom stereocenters. The van der Waals surface area contributed by atoms with E-state index in [2.05, 4.69) is 0 Å². The molecule has 5 nitrogen and oxygen atoms in total. The Morgan fingerprint density at radius 3 is 2.59 bits per heavy atom. The van der Waals surface area contributed by atoms with Crippen LogP contribution in [0.25, 0.3) is 0 Å². The number of rotatable bonds is 6. The summed E-state index contributed by atoms with van der Waals surface area (Å²) in [5, 5.41) is 11.0. The standard InChI is InChI=1S/C17H15NO4/c1-2-6-17(19)15-11-14(9-10-16(15)18(20)21)22-12-13-7-4-3-5-8-13/h2-11H,12H2,1H3/b6-2+. The largest absolute Gasteiger partial charge is 0.489 e. The molecule has 112 valence electrons. The first-order chi connectivity index (χ1) is 10.6. The number of benzene rings is 2. The summed E-state index contributed by atoms with van der Waals surface area (Å²) in [7, 11) is 0. The molecule has 2 rings (SSSR count). The lowest BCUT2D eigenvalue weighted by atomic mass is 10.1. The van der Waals surface area contributed by atoms with Crippen LogP contribution in [0, 0.1) is 10.1 Å². The van der Waals surface area contributed by atoms with Crippen molar-refractivity contribution in [2.45, 2.75) is 13.5 Å². The van der Waals surface area contributed by atoms with Gasteiger partial charge in [0.2, 0.25) is 0 Å². The van der Waals surface area contributed by atoms with Gasteiger partial charge in [-0.05, 0) is 30.7 Å². The van der Waals surface area contributed by atoms with Crippen LogP contribution in [0.5, 0.6) is 5.75 Å². The minimum atomic E-state index is -0.572. The molecule has 2 aromatic carbocycles. The number of nitro benzene ring substituents is 1. The van der Waals surface area contributed by atoms with Crippen molar-refractivity contribution in [3.63, 3.8) is 0 Å². The fraction of sp³-hybridized carbons (Fsp3) is 0.118. The second-order valence-corrected chi connectivity index (χ2v) is 4.57. The Balaban J connectivity index is 2.24. The van der Waals surface area contributed by atoms with Crippen LogP contribution >= 0.6 is 0 Å². The van der Waals surface area contributed by atoms with E-state index in [1.807, 2.05) is 30.3 Å². The summed E-state index contributed by atoms with van der Waals surface area (Å²) < 4.78 is 5.60. The van der Waals surface area contributed by atoms with E-state index in [1.54, 1.807) is 13.0 Å². The maximum Gasteiger partial charge on any atom is 0.280 e. The average molecular weight is 297 g/mol. The molecule has 0 saturated carbocycles. The molecule has 0 bridgehead atoms. The fourth-order valence-corrected chi connectivity index (χ4v) is 1.94. The summed E-state index contributed by atoms with van der Waals surface area (Å²) in [5.74, 6) is 0.00154. The van der Waals surface area contributed by atoms with Gasteiger partial charge in [0.1, 0.15) is 17.9 Å². The Morgan fingerprint density at radius 1 is 1.23 bits per heavy atom. The van der Waals surface area contributed by atoms with Gasteiger partial charge in [-0.15, -0.1) is 0 Å². The Kier molecular flexibility index (Phi) is 5.03. The summed E-state index contributed by atoms with van der Waals surface area (Å²) in [6, 6.07) is 13.7. The lowest BCUT2D eigenvalue weighted by molar-refractivity contribution is -0.385. The van der Waals surface area contributed by atoms with E-state index in [4.69, 9.17) is 4.74 Å². The van der Waals surface area contributed by atoms with Crippen molar-refractivity contribution in [2.75, 3.05) is 0 Å². The summed E-state index contributed by atoms with van der Waals surface area (Å²) >= 11 is 0. The van der Waals surface area contributed by atoms with Crippen LogP contribution in [-0.2, 0) is 6.61 Å². The predicted molar refractivity (Wildman–Crippen MR) is 83.0 cm³/mol. The Morgan fingerprint density at radius 2 is 1.95 bits per heavy atom. The Bertz CT molecular complexity index is 708. The molecule has 0 aromatic heterocycles. The molecule has 0 amide bonds. The minimum Gasteiger partial charge on any atom is -0.489 e. The van der Waals surface area contributed by atoms with Gasteiger partial charge in [-0.2, -0.15) is 0 Å². The fourth-order valence-electron chi connectivity index (χ4n) is 1.94. The van der Waals surface area contributed by atoms with Crippen molar-refractivity contribution in [2.24, 2.45) is 0 Å². The van der Waals surface area contributed by atoms with Gasteiger partial charge >= 0.3 is 0 Å². The highest BCUT2D eigenvalue weighted by Gasteiger charge is 2.19. The van der Waals surface area contributed by atoms with E-state index in [1.165, 1.54) is 24.3 Å². The van der Waals surface area contributed by atoms with Crippen LogP contribution < -0.4 is 4.74 Å². The van der Waals surface area contributed by atoms with Crippen LogP contribution in [-0.4, -0.2) is 10.7 Å². The molecule has 0 atom stereocenters. The van der Waals surface area contributed by atoms with Crippen molar-refractivity contribution < 1.29 is 14.5 Å². The van der Waals surface area contributed by atoms with E-state index in [0.717, 1.165) is 5.56 Å². The molecule has 5 heteroatoms. The maximum atomic E-state index is 11.9. The molecule has 22 heavy (non-hydrogen) atoms. The molecule has 0 aliphatic rings. The van der Waals surface area contributed by atoms with Gasteiger partial charge in [-0.25, -0.2) is 0 Å². The van der Waals surface area contributed by atoms with Gasteiger partial charge < -0.3 is 4.74 Å². The van der Waals surface area contributed by atoms with Crippen molar-refractivity contribution in [3.8, 4) is 5.75 Å². The van der Waals surface area contributed by atoms with Crippen molar-refractivity contribution in [1.82, 2.24) is 0 Å². The molecule has 2 aromatic rings. The monoisotopic (exact) mass is 297 g/mol. The van der Waals surface area contributed by atoms with Gasteiger partial charge in [-0.3, -0.25) is 14.9 Å². The van der Waals surface area contributed by atoms with Crippen LogP contribution in [0.3, 0.4) is 0 Å². The lowest BCUT2D eigenvalue weighted by Crippen LogP contribution is -2.03. The SMILES string of the molecule is C/C=C/C(=O)c1cc(OCc2ccccc2)ccc1[N+](=O)[O-]. The van der Waals surface area contributed by atoms with Crippen molar-refractivity contribution >= 4 is 11.5 Å². The zero-order chi connectivity index (χ0) is 15.9. The van der Waals surface area contributed by atoms with Gasteiger partial charge in [0.15, 0.2) is 5.78 Å². The first kappa shape index (κ1) is 15.4. The maximum absolute atomic E-state index is 11.9. The molecule has 0 aliphatic heterocycles. The number of hydrogen-bond acceptors (Lipinski definition) is 4. The molecule has 0 radical (unpaired) electrons. The van der Waals surface area contributed by atoms with Crippen LogP contribution in [0.2, 0.25) is 0 Å². The van der Waals surface area contributed by atoms with E-state index >= 15 is 0 Å². The quantitative estimate of drug-likeness (QED) is 0.350. The molecule has 0 spiro atoms. The summed E-state index contributed by atoms with van der Waals surface area (Å²) in [4.78, 5) is 22.4. The zero-order valence-electron chi connectivity index (χ0n) is 12.1. The van der Waals surface area contributed by atoms with E-state index in [9.17, 15) is 14.9 Å². The third-order valence-electron chi connectivity index (χ3n) is 3.00. The predicted octanol–water partition coefficient (Wildman–Crippen LogP) is 3.93. The number of nitrogens with zero attached hydrogens (tertiary/aromatic N) is 1. The van der Waals surface area contributed by atoms with Crippen LogP contribution in [0.1, 0.15) is 22.8 Å². The first-order valence-electron chi connectivity index (χ1n) is 6.74. The minimum absolute atomic E-state index is 0.0219. The highest BCUT2D eigenvalue weighted by molar-refractivity contribution is 6.07. The van der Waals surface area contributed by atoms with Crippen molar-refractivity contribution in [3.05, 3.63) is 81.9 Å². The third kappa shape index (κ3) is 3.79. The molecular weight excluding hydrogens is 282 g/mol. The zero-order valence-corrected chi connectivity index (χ0v) is 12.1. The van der Waals surface area contributed by atoms with Crippen LogP contribution in [0.4, 0.5) is 5.69 Å². The molecule has 0 N–H and O–H groups in total. The van der Waals surface area contributed by atoms with Gasteiger partial charge in [0, 0.05) is 6.07 Å². The van der Waals surface area contributed by atoms with E-state index < -0.39 is 10.7 Å².